The van der Waals surface area contributed by atoms with Crippen molar-refractivity contribution >= 4 is 17.3 Å². The number of nitrogens with zero attached hydrogens (tertiary/aromatic N) is 1. The number of carbonyl (C=O) groups is 1. The van der Waals surface area contributed by atoms with Crippen molar-refractivity contribution in [3.63, 3.8) is 0 Å². The fourth-order valence-corrected chi connectivity index (χ4v) is 1.80. The van der Waals surface area contributed by atoms with Crippen LogP contribution in [0.15, 0.2) is 23.2 Å². The summed E-state index contributed by atoms with van der Waals surface area (Å²) in [6.07, 6.45) is 2.38. The van der Waals surface area contributed by atoms with Crippen molar-refractivity contribution in [2.24, 2.45) is 10.9 Å². The summed E-state index contributed by atoms with van der Waals surface area (Å²) >= 11 is 0. The Bertz CT molecular complexity index is 492. The summed E-state index contributed by atoms with van der Waals surface area (Å²) in [7, 11) is 0. The van der Waals surface area contributed by atoms with E-state index in [1.807, 2.05) is 0 Å². The number of benzene rings is 1. The predicted molar refractivity (Wildman–Crippen MR) is 59.2 cm³/mol. The van der Waals surface area contributed by atoms with E-state index in [1.54, 1.807) is 6.07 Å². The Kier molecular flexibility index (Phi) is 2.02. The lowest BCUT2D eigenvalue weighted by Crippen LogP contribution is -2.15. The smallest absolute Gasteiger partial charge is 0.274 e. The van der Waals surface area contributed by atoms with Crippen LogP contribution in [-0.4, -0.2) is 18.2 Å². The van der Waals surface area contributed by atoms with Gasteiger partial charge < -0.3 is 5.32 Å². The van der Waals surface area contributed by atoms with Crippen LogP contribution < -0.4 is 5.32 Å². The number of carbonyl (C=O) groups excluding carboxylic acids is 1. The Balaban J connectivity index is 1.96. The first-order chi connectivity index (χ1) is 7.74. The number of rotatable bonds is 2. The second-order valence-corrected chi connectivity index (χ2v) is 4.28. The summed E-state index contributed by atoms with van der Waals surface area (Å²) in [5.41, 5.74) is 1.62. The molecule has 0 unspecified atom stereocenters. The van der Waals surface area contributed by atoms with Gasteiger partial charge in [-0.2, -0.15) is 0 Å². The van der Waals surface area contributed by atoms with E-state index < -0.39 is 0 Å². The van der Waals surface area contributed by atoms with Crippen molar-refractivity contribution in [2.45, 2.75) is 12.8 Å². The Morgan fingerprint density at radius 2 is 2.25 bits per heavy atom. The lowest BCUT2D eigenvalue weighted by atomic mass is 10.1. The molecule has 1 amide bonds. The van der Waals surface area contributed by atoms with E-state index in [0.29, 0.717) is 29.4 Å². The fourth-order valence-electron chi connectivity index (χ4n) is 1.80. The van der Waals surface area contributed by atoms with Crippen LogP contribution in [0.4, 0.5) is 10.1 Å². The SMILES string of the molecule is O=C1Nc2ccc(F)cc2C1=NCC1CC1. The topological polar surface area (TPSA) is 41.5 Å². The minimum Gasteiger partial charge on any atom is -0.320 e. The molecule has 1 aliphatic heterocycles. The molecule has 0 aromatic heterocycles. The molecule has 3 rings (SSSR count). The van der Waals surface area contributed by atoms with Gasteiger partial charge in [-0.05, 0) is 37.0 Å². The van der Waals surface area contributed by atoms with Gasteiger partial charge >= 0.3 is 0 Å². The number of nitrogens with one attached hydrogen (secondary N) is 1. The zero-order valence-electron chi connectivity index (χ0n) is 8.66. The van der Waals surface area contributed by atoms with Crippen LogP contribution in [0.1, 0.15) is 18.4 Å². The molecule has 1 fully saturated rings. The minimum absolute atomic E-state index is 0.221. The van der Waals surface area contributed by atoms with Gasteiger partial charge in [0.25, 0.3) is 5.91 Å². The van der Waals surface area contributed by atoms with Crippen LogP contribution in [-0.2, 0) is 4.79 Å². The fraction of sp³-hybridized carbons (Fsp3) is 0.333. The lowest BCUT2D eigenvalue weighted by molar-refractivity contribution is -0.110. The van der Waals surface area contributed by atoms with E-state index in [0.717, 1.165) is 0 Å². The number of anilines is 1. The summed E-state index contributed by atoms with van der Waals surface area (Å²) < 4.78 is 13.1. The highest BCUT2D eigenvalue weighted by Crippen LogP contribution is 2.30. The third kappa shape index (κ3) is 1.60. The maximum Gasteiger partial charge on any atom is 0.274 e. The van der Waals surface area contributed by atoms with Crippen LogP contribution in [0.5, 0.6) is 0 Å². The van der Waals surface area contributed by atoms with E-state index in [2.05, 4.69) is 10.3 Å². The highest BCUT2D eigenvalue weighted by atomic mass is 19.1. The molecule has 0 atom stereocenters. The van der Waals surface area contributed by atoms with Crippen LogP contribution >= 0.6 is 0 Å². The molecule has 1 N–H and O–H groups in total. The van der Waals surface area contributed by atoms with Gasteiger partial charge in [-0.3, -0.25) is 9.79 Å². The molecule has 0 radical (unpaired) electrons. The van der Waals surface area contributed by atoms with Gasteiger partial charge in [-0.1, -0.05) is 0 Å². The standard InChI is InChI=1S/C12H11FN2O/c13-8-3-4-10-9(5-8)11(12(16)15-10)14-6-7-1-2-7/h3-5,7H,1-2,6H2,(H,14,15,16). The summed E-state index contributed by atoms with van der Waals surface area (Å²) in [5.74, 6) is 0.0635. The largest absolute Gasteiger partial charge is 0.320 e. The molecule has 3 nitrogen and oxygen atoms in total. The molecule has 16 heavy (non-hydrogen) atoms. The first kappa shape index (κ1) is 9.51. The monoisotopic (exact) mass is 218 g/mol. The molecule has 1 heterocycles. The highest BCUT2D eigenvalue weighted by Gasteiger charge is 2.27. The summed E-state index contributed by atoms with van der Waals surface area (Å²) in [6, 6.07) is 4.27. The third-order valence-corrected chi connectivity index (χ3v) is 2.90. The second kappa shape index (κ2) is 3.40. The summed E-state index contributed by atoms with van der Waals surface area (Å²) in [4.78, 5) is 15.9. The molecule has 1 aromatic rings. The number of amides is 1. The van der Waals surface area contributed by atoms with Gasteiger partial charge in [0, 0.05) is 12.1 Å². The van der Waals surface area contributed by atoms with Gasteiger partial charge in [0.05, 0.1) is 5.69 Å². The van der Waals surface area contributed by atoms with Crippen molar-refractivity contribution in [3.05, 3.63) is 29.6 Å². The van der Waals surface area contributed by atoms with Gasteiger partial charge in [-0.25, -0.2) is 4.39 Å². The molecule has 2 aliphatic rings. The summed E-state index contributed by atoms with van der Waals surface area (Å²) in [6.45, 7) is 0.679. The van der Waals surface area contributed by atoms with Crippen molar-refractivity contribution < 1.29 is 9.18 Å². The predicted octanol–water partition coefficient (Wildman–Crippen LogP) is 1.98. The molecule has 4 heteroatoms. The Hall–Kier alpha value is -1.71. The number of aliphatic imine (C=N–C) groups is 1. The molecule has 1 aromatic carbocycles. The zero-order valence-corrected chi connectivity index (χ0v) is 8.66. The number of hydrogen-bond acceptors (Lipinski definition) is 2. The Morgan fingerprint density at radius 1 is 1.44 bits per heavy atom. The first-order valence-corrected chi connectivity index (χ1v) is 5.40. The summed E-state index contributed by atoms with van der Waals surface area (Å²) in [5, 5.41) is 2.68. The van der Waals surface area contributed by atoms with Gasteiger partial charge in [0.15, 0.2) is 0 Å². The van der Waals surface area contributed by atoms with Crippen LogP contribution in [0.2, 0.25) is 0 Å². The normalized spacial score (nSPS) is 21.1. The van der Waals surface area contributed by atoms with Crippen LogP contribution in [0.25, 0.3) is 0 Å². The van der Waals surface area contributed by atoms with E-state index in [4.69, 9.17) is 0 Å². The quantitative estimate of drug-likeness (QED) is 0.810. The molecule has 0 saturated heterocycles. The highest BCUT2D eigenvalue weighted by molar-refractivity contribution is 6.53. The Morgan fingerprint density at radius 3 is 3.00 bits per heavy atom. The van der Waals surface area contributed by atoms with Crippen molar-refractivity contribution in [1.82, 2.24) is 0 Å². The average Bonchev–Trinajstić information content (AvgIpc) is 3.01. The van der Waals surface area contributed by atoms with Crippen LogP contribution in [0, 0.1) is 11.7 Å². The molecule has 0 bridgehead atoms. The average molecular weight is 218 g/mol. The zero-order chi connectivity index (χ0) is 11.1. The van der Waals surface area contributed by atoms with E-state index in [1.165, 1.54) is 25.0 Å². The maximum absolute atomic E-state index is 13.1. The third-order valence-electron chi connectivity index (χ3n) is 2.90. The number of fused-ring (bicyclic) bond motifs is 1. The number of hydrogen-bond donors (Lipinski definition) is 1. The second-order valence-electron chi connectivity index (χ2n) is 4.28. The van der Waals surface area contributed by atoms with E-state index in [9.17, 15) is 9.18 Å². The van der Waals surface area contributed by atoms with Gasteiger partial charge in [0.1, 0.15) is 11.5 Å². The van der Waals surface area contributed by atoms with Crippen molar-refractivity contribution in [1.29, 1.82) is 0 Å². The Labute approximate surface area is 92.4 Å². The maximum atomic E-state index is 13.1. The minimum atomic E-state index is -0.339. The van der Waals surface area contributed by atoms with Gasteiger partial charge in [-0.15, -0.1) is 0 Å². The van der Waals surface area contributed by atoms with Crippen molar-refractivity contribution in [2.75, 3.05) is 11.9 Å². The lowest BCUT2D eigenvalue weighted by Gasteiger charge is -1.97. The molecular formula is C12H11FN2O. The molecule has 1 aliphatic carbocycles. The molecular weight excluding hydrogens is 207 g/mol. The van der Waals surface area contributed by atoms with Crippen molar-refractivity contribution in [3.8, 4) is 0 Å². The number of halogens is 1. The molecule has 1 saturated carbocycles. The molecule has 0 spiro atoms. The van der Waals surface area contributed by atoms with E-state index >= 15 is 0 Å². The van der Waals surface area contributed by atoms with E-state index in [-0.39, 0.29) is 11.7 Å². The first-order valence-electron chi connectivity index (χ1n) is 5.40. The molecule has 82 valence electrons. The van der Waals surface area contributed by atoms with Gasteiger partial charge in [0.2, 0.25) is 0 Å². The van der Waals surface area contributed by atoms with Crippen LogP contribution in [0.3, 0.4) is 0 Å².